The molecular weight excluding hydrogens is 208 g/mol. The average molecular weight is 224 g/mol. The maximum Gasteiger partial charge on any atom is 0.249 e. The Labute approximate surface area is 94.0 Å². The van der Waals surface area contributed by atoms with Gasteiger partial charge in [0.25, 0.3) is 0 Å². The molecule has 1 aromatic heterocycles. The first-order valence-corrected chi connectivity index (χ1v) is 5.81. The van der Waals surface area contributed by atoms with Crippen LogP contribution in [0.25, 0.3) is 0 Å². The number of rotatable bonds is 6. The molecule has 0 aliphatic rings. The van der Waals surface area contributed by atoms with Gasteiger partial charge in [-0.2, -0.15) is 0 Å². The van der Waals surface area contributed by atoms with Gasteiger partial charge in [-0.3, -0.25) is 4.79 Å². The van der Waals surface area contributed by atoms with Gasteiger partial charge in [-0.1, -0.05) is 12.2 Å². The summed E-state index contributed by atoms with van der Waals surface area (Å²) in [5, 5.41) is 5.09. The summed E-state index contributed by atoms with van der Waals surface area (Å²) in [4.78, 5) is 12.0. The molecule has 0 fully saturated rings. The zero-order chi connectivity index (χ0) is 11.1. The Hall–Kier alpha value is -1.13. The van der Waals surface area contributed by atoms with E-state index in [-0.39, 0.29) is 5.91 Å². The number of hydrogen-bond donors (Lipinski definition) is 2. The second-order valence-electron chi connectivity index (χ2n) is 3.20. The molecule has 82 valence electrons. The first-order chi connectivity index (χ1) is 7.24. The lowest BCUT2D eigenvalue weighted by Gasteiger charge is -1.99. The van der Waals surface area contributed by atoms with Crippen molar-refractivity contribution in [3.8, 4) is 0 Å². The third-order valence-corrected chi connectivity index (χ3v) is 2.90. The number of nitrogens with two attached hydrogens (primary N) is 1. The molecule has 3 nitrogen and oxygen atoms in total. The van der Waals surface area contributed by atoms with Crippen LogP contribution in [0.15, 0.2) is 23.6 Å². The lowest BCUT2D eigenvalue weighted by atomic mass is 10.3. The van der Waals surface area contributed by atoms with Crippen LogP contribution >= 0.6 is 11.3 Å². The first kappa shape index (κ1) is 11.9. The van der Waals surface area contributed by atoms with Crippen LogP contribution in [0.2, 0.25) is 0 Å². The fraction of sp³-hybridized carbons (Fsp3) is 0.364. The fourth-order valence-electron chi connectivity index (χ4n) is 1.17. The summed E-state index contributed by atoms with van der Waals surface area (Å²) in [5.41, 5.74) is 5.76. The molecule has 0 aliphatic carbocycles. The van der Waals surface area contributed by atoms with Crippen LogP contribution in [0.5, 0.6) is 0 Å². The minimum atomic E-state index is -0.355. The standard InChI is InChI=1S/C11H16N2OS/c1-2-3-4-5-13-7-10-6-9(8-15-10)11(12)14/h2-3,6,8,13H,4-5,7H2,1H3,(H2,12,14)/b3-2+. The van der Waals surface area contributed by atoms with Gasteiger partial charge < -0.3 is 11.1 Å². The number of allylic oxidation sites excluding steroid dienone is 1. The second kappa shape index (κ2) is 6.37. The van der Waals surface area contributed by atoms with E-state index in [9.17, 15) is 4.79 Å². The summed E-state index contributed by atoms with van der Waals surface area (Å²) in [6, 6.07) is 1.84. The van der Waals surface area contributed by atoms with Crippen molar-refractivity contribution in [1.82, 2.24) is 5.32 Å². The van der Waals surface area contributed by atoms with Crippen molar-refractivity contribution in [3.63, 3.8) is 0 Å². The van der Waals surface area contributed by atoms with Gasteiger partial charge >= 0.3 is 0 Å². The van der Waals surface area contributed by atoms with Crippen molar-refractivity contribution in [2.75, 3.05) is 6.54 Å². The Morgan fingerprint density at radius 3 is 3.07 bits per heavy atom. The Balaban J connectivity index is 2.28. The maximum atomic E-state index is 10.8. The van der Waals surface area contributed by atoms with E-state index in [1.54, 1.807) is 16.7 Å². The van der Waals surface area contributed by atoms with Crippen LogP contribution in [0.3, 0.4) is 0 Å². The SMILES string of the molecule is C/C=C/CCNCc1cc(C(N)=O)cs1. The Kier molecular flexibility index (Phi) is 5.07. The molecule has 1 rings (SSSR count). The van der Waals surface area contributed by atoms with Crippen LogP contribution < -0.4 is 11.1 Å². The summed E-state index contributed by atoms with van der Waals surface area (Å²) in [7, 11) is 0. The van der Waals surface area contributed by atoms with E-state index in [4.69, 9.17) is 5.73 Å². The van der Waals surface area contributed by atoms with Gasteiger partial charge in [0.1, 0.15) is 0 Å². The predicted octanol–water partition coefficient (Wildman–Crippen LogP) is 1.90. The minimum absolute atomic E-state index is 0.355. The van der Waals surface area contributed by atoms with E-state index < -0.39 is 0 Å². The van der Waals surface area contributed by atoms with Gasteiger partial charge in [-0.25, -0.2) is 0 Å². The van der Waals surface area contributed by atoms with Gasteiger partial charge in [-0.15, -0.1) is 11.3 Å². The smallest absolute Gasteiger partial charge is 0.249 e. The van der Waals surface area contributed by atoms with Crippen LogP contribution in [0.4, 0.5) is 0 Å². The van der Waals surface area contributed by atoms with Crippen molar-refractivity contribution >= 4 is 17.2 Å². The van der Waals surface area contributed by atoms with Gasteiger partial charge in [0, 0.05) is 16.8 Å². The van der Waals surface area contributed by atoms with Crippen molar-refractivity contribution < 1.29 is 4.79 Å². The fourth-order valence-corrected chi connectivity index (χ4v) is 2.01. The van der Waals surface area contributed by atoms with Gasteiger partial charge in [-0.05, 0) is 26.0 Å². The van der Waals surface area contributed by atoms with Crippen molar-refractivity contribution in [3.05, 3.63) is 34.0 Å². The van der Waals surface area contributed by atoms with Crippen molar-refractivity contribution in [2.45, 2.75) is 19.9 Å². The lowest BCUT2D eigenvalue weighted by Crippen LogP contribution is -2.13. The molecule has 0 saturated carbocycles. The van der Waals surface area contributed by atoms with Crippen molar-refractivity contribution in [1.29, 1.82) is 0 Å². The monoisotopic (exact) mass is 224 g/mol. The zero-order valence-electron chi connectivity index (χ0n) is 8.82. The highest BCUT2D eigenvalue weighted by atomic mass is 32.1. The molecule has 0 unspecified atom stereocenters. The molecule has 4 heteroatoms. The third-order valence-electron chi connectivity index (χ3n) is 1.96. The van der Waals surface area contributed by atoms with E-state index in [0.717, 1.165) is 24.4 Å². The van der Waals surface area contributed by atoms with Crippen LogP contribution in [0, 0.1) is 0 Å². The summed E-state index contributed by atoms with van der Waals surface area (Å²) in [5.74, 6) is -0.355. The number of amides is 1. The largest absolute Gasteiger partial charge is 0.366 e. The molecule has 0 saturated heterocycles. The summed E-state index contributed by atoms with van der Waals surface area (Å²) >= 11 is 1.56. The maximum absolute atomic E-state index is 10.8. The molecule has 0 aromatic carbocycles. The van der Waals surface area contributed by atoms with E-state index in [1.807, 2.05) is 19.1 Å². The number of carbonyl (C=O) groups is 1. The normalized spacial score (nSPS) is 11.0. The summed E-state index contributed by atoms with van der Waals surface area (Å²) < 4.78 is 0. The van der Waals surface area contributed by atoms with Crippen LogP contribution in [-0.4, -0.2) is 12.5 Å². The highest BCUT2D eigenvalue weighted by Gasteiger charge is 2.03. The van der Waals surface area contributed by atoms with Crippen LogP contribution in [-0.2, 0) is 6.54 Å². The molecular formula is C11H16N2OS. The topological polar surface area (TPSA) is 55.1 Å². The quantitative estimate of drug-likeness (QED) is 0.573. The molecule has 0 bridgehead atoms. The number of nitrogens with one attached hydrogen (secondary N) is 1. The van der Waals surface area contributed by atoms with Crippen LogP contribution in [0.1, 0.15) is 28.6 Å². The molecule has 15 heavy (non-hydrogen) atoms. The van der Waals surface area contributed by atoms with E-state index in [2.05, 4.69) is 11.4 Å². The Morgan fingerprint density at radius 2 is 2.47 bits per heavy atom. The number of thiophene rings is 1. The average Bonchev–Trinajstić information content (AvgIpc) is 2.66. The second-order valence-corrected chi connectivity index (χ2v) is 4.20. The highest BCUT2D eigenvalue weighted by molar-refractivity contribution is 7.10. The molecule has 0 aliphatic heterocycles. The molecule has 1 aromatic rings. The Morgan fingerprint density at radius 1 is 1.67 bits per heavy atom. The molecule has 0 spiro atoms. The lowest BCUT2D eigenvalue weighted by molar-refractivity contribution is 0.100. The molecule has 0 radical (unpaired) electrons. The van der Waals surface area contributed by atoms with Gasteiger partial charge in [0.2, 0.25) is 5.91 Å². The molecule has 1 heterocycles. The van der Waals surface area contributed by atoms with E-state index >= 15 is 0 Å². The molecule has 0 atom stereocenters. The first-order valence-electron chi connectivity index (χ1n) is 4.93. The summed E-state index contributed by atoms with van der Waals surface area (Å²) in [6.07, 6.45) is 5.19. The van der Waals surface area contributed by atoms with Gasteiger partial charge in [0.15, 0.2) is 0 Å². The minimum Gasteiger partial charge on any atom is -0.366 e. The summed E-state index contributed by atoms with van der Waals surface area (Å²) in [6.45, 7) is 3.77. The van der Waals surface area contributed by atoms with E-state index in [1.165, 1.54) is 0 Å². The third kappa shape index (κ3) is 4.27. The Bertz CT molecular complexity index is 344. The predicted molar refractivity (Wildman–Crippen MR) is 64.0 cm³/mol. The van der Waals surface area contributed by atoms with Gasteiger partial charge in [0.05, 0.1) is 5.56 Å². The van der Waals surface area contributed by atoms with E-state index in [0.29, 0.717) is 5.56 Å². The molecule has 1 amide bonds. The number of primary amides is 1. The zero-order valence-corrected chi connectivity index (χ0v) is 9.64. The highest BCUT2D eigenvalue weighted by Crippen LogP contribution is 2.13. The number of carbonyl (C=O) groups excluding carboxylic acids is 1. The molecule has 3 N–H and O–H groups in total. The number of hydrogen-bond acceptors (Lipinski definition) is 3. The van der Waals surface area contributed by atoms with Crippen molar-refractivity contribution in [2.24, 2.45) is 5.73 Å².